The molecule has 12 heteroatoms. The number of aromatic nitrogens is 3. The Labute approximate surface area is 231 Å². The van der Waals surface area contributed by atoms with Crippen LogP contribution in [0, 0.1) is 0 Å². The van der Waals surface area contributed by atoms with Gasteiger partial charge in [-0.2, -0.15) is 0 Å². The Morgan fingerprint density at radius 1 is 1.21 bits per heavy atom. The molecule has 1 aromatic carbocycles. The van der Waals surface area contributed by atoms with Crippen LogP contribution < -0.4 is 26.1 Å². The number of pyridine rings is 1. The first-order valence-corrected chi connectivity index (χ1v) is 12.7. The number of carbonyl (C=O) groups excluding carboxylic acids is 1. The number of anilines is 2. The number of rotatable bonds is 9. The zero-order valence-corrected chi connectivity index (χ0v) is 23.2. The summed E-state index contributed by atoms with van der Waals surface area (Å²) in [4.78, 5) is 20.0. The number of nitrogens with zero attached hydrogens (tertiary/aromatic N) is 5. The van der Waals surface area contributed by atoms with Crippen LogP contribution in [0.1, 0.15) is 36.8 Å². The minimum Gasteiger partial charge on any atom is -0.486 e. The second kappa shape index (κ2) is 11.1. The van der Waals surface area contributed by atoms with Gasteiger partial charge in [-0.1, -0.05) is 23.2 Å². The van der Waals surface area contributed by atoms with Crippen LogP contribution in [0.2, 0.25) is 10.0 Å². The Morgan fingerprint density at radius 3 is 2.50 bits per heavy atom. The van der Waals surface area contributed by atoms with Crippen LogP contribution in [-0.4, -0.2) is 71.0 Å². The first kappa shape index (κ1) is 27.6. The van der Waals surface area contributed by atoms with Gasteiger partial charge in [-0.05, 0) is 58.3 Å². The summed E-state index contributed by atoms with van der Waals surface area (Å²) >= 11 is 12.5. The van der Waals surface area contributed by atoms with Crippen molar-refractivity contribution in [1.82, 2.24) is 25.4 Å². The van der Waals surface area contributed by atoms with Gasteiger partial charge in [-0.25, -0.2) is 0 Å². The molecular formula is C26H31Cl2N8O2+. The third-order valence-corrected chi connectivity index (χ3v) is 6.76. The Hall–Kier alpha value is -3.47. The molecule has 200 valence electrons. The smallest absolute Gasteiger partial charge is 0.234 e. The Kier molecular flexibility index (Phi) is 8.05. The molecule has 3 aromatic rings. The van der Waals surface area contributed by atoms with Gasteiger partial charge in [0.2, 0.25) is 11.6 Å². The molecule has 38 heavy (non-hydrogen) atoms. The van der Waals surface area contributed by atoms with Gasteiger partial charge in [0.25, 0.3) is 0 Å². The molecule has 1 amide bonds. The van der Waals surface area contributed by atoms with Crippen molar-refractivity contribution in [2.45, 2.75) is 25.5 Å². The number of benzene rings is 1. The summed E-state index contributed by atoms with van der Waals surface area (Å²) in [6.07, 6.45) is 2.60. The maximum absolute atomic E-state index is 12.1. The van der Waals surface area contributed by atoms with E-state index in [2.05, 4.69) is 20.5 Å². The molecule has 1 aliphatic heterocycles. The molecular weight excluding hydrogens is 527 g/mol. The molecule has 2 aromatic heterocycles. The van der Waals surface area contributed by atoms with Gasteiger partial charge in [0.1, 0.15) is 11.9 Å². The van der Waals surface area contributed by atoms with Crippen molar-refractivity contribution in [1.29, 1.82) is 0 Å². The normalized spacial score (nSPS) is 15.1. The molecule has 4 rings (SSSR count). The molecule has 0 unspecified atom stereocenters. The van der Waals surface area contributed by atoms with Gasteiger partial charge in [-0.3, -0.25) is 15.2 Å². The van der Waals surface area contributed by atoms with Gasteiger partial charge < -0.3 is 25.6 Å². The van der Waals surface area contributed by atoms with E-state index in [1.54, 1.807) is 24.3 Å². The third-order valence-electron chi connectivity index (χ3n) is 6.16. The molecule has 3 heterocycles. The summed E-state index contributed by atoms with van der Waals surface area (Å²) in [6, 6.07) is 8.86. The van der Waals surface area contributed by atoms with Crippen molar-refractivity contribution in [3.63, 3.8) is 0 Å². The number of ether oxygens (including phenoxy) is 1. The average Bonchev–Trinajstić information content (AvgIpc) is 2.82. The minimum absolute atomic E-state index is 0.00822. The summed E-state index contributed by atoms with van der Waals surface area (Å²) in [5, 5.41) is 19.0. The molecule has 0 spiro atoms. The largest absolute Gasteiger partial charge is 0.486 e. The fourth-order valence-corrected chi connectivity index (χ4v) is 5.06. The van der Waals surface area contributed by atoms with Crippen LogP contribution in [0.15, 0.2) is 42.7 Å². The lowest BCUT2D eigenvalue weighted by atomic mass is 9.92. The van der Waals surface area contributed by atoms with E-state index in [4.69, 9.17) is 39.1 Å². The van der Waals surface area contributed by atoms with Crippen molar-refractivity contribution in [3.05, 3.63) is 69.6 Å². The highest BCUT2D eigenvalue weighted by Gasteiger charge is 2.40. The molecule has 0 radical (unpaired) electrons. The Bertz CT molecular complexity index is 1320. The van der Waals surface area contributed by atoms with Gasteiger partial charge in [-0.15, -0.1) is 10.2 Å². The minimum atomic E-state index is -0.440. The van der Waals surface area contributed by atoms with E-state index in [9.17, 15) is 4.79 Å². The topological polar surface area (TPSA) is 135 Å². The number of nitrogens with one attached hydrogen (secondary N) is 1. The number of nitrogen functional groups attached to an aromatic ring is 1. The zero-order chi connectivity index (χ0) is 27.6. The summed E-state index contributed by atoms with van der Waals surface area (Å²) in [5.41, 5.74) is 8.44. The number of nitrogens with two attached hydrogens (primary N) is 2. The highest BCUT2D eigenvalue weighted by atomic mass is 35.5. The second-order valence-electron chi connectivity index (χ2n) is 9.92. The number of likely N-dealkylation sites (N-methyl/N-ethyl adjacent to an activating group) is 1. The van der Waals surface area contributed by atoms with E-state index in [1.165, 1.54) is 12.4 Å². The van der Waals surface area contributed by atoms with Gasteiger partial charge in [0.05, 0.1) is 27.7 Å². The molecule has 1 atom stereocenters. The molecule has 5 N–H and O–H groups in total. The maximum atomic E-state index is 12.1. The maximum Gasteiger partial charge on any atom is 0.234 e. The predicted molar refractivity (Wildman–Crippen MR) is 149 cm³/mol. The average molecular weight is 558 g/mol. The molecule has 0 aliphatic carbocycles. The number of hydrogen-bond acceptors (Lipinski definition) is 8. The highest BCUT2D eigenvalue weighted by Crippen LogP contribution is 2.33. The van der Waals surface area contributed by atoms with Crippen molar-refractivity contribution in [3.8, 4) is 5.75 Å². The number of halogens is 2. The standard InChI is InChI=1S/C26H30Cl2N8O2/c1-15(24-18(27)10-31-11-19(24)28)38-16-5-6-20(29)17(9-16)25(30)21-7-8-22(34-33-21)36-13-26(2,14-36)32-23(37)12-35(3)4/h5-11,15,30H,12-14,29H2,1-4H3,(H,32,37)/p+1/t15-/m1/s1. The third kappa shape index (κ3) is 6.15. The molecule has 0 bridgehead atoms. The highest BCUT2D eigenvalue weighted by molar-refractivity contribution is 6.35. The van der Waals surface area contributed by atoms with Crippen LogP contribution >= 0.6 is 23.2 Å². The summed E-state index contributed by atoms with van der Waals surface area (Å²) < 4.78 is 6.09. The van der Waals surface area contributed by atoms with Crippen molar-refractivity contribution >= 4 is 46.3 Å². The summed E-state index contributed by atoms with van der Waals surface area (Å²) in [7, 11) is 3.72. The predicted octanol–water partition coefficient (Wildman–Crippen LogP) is 1.75. The van der Waals surface area contributed by atoms with E-state index in [0.29, 0.717) is 69.5 Å². The second-order valence-corrected chi connectivity index (χ2v) is 10.7. The summed E-state index contributed by atoms with van der Waals surface area (Å²) in [6.45, 7) is 5.47. The molecule has 10 nitrogen and oxygen atoms in total. The van der Waals surface area contributed by atoms with E-state index >= 15 is 0 Å². The van der Waals surface area contributed by atoms with Crippen LogP contribution in [0.4, 0.5) is 11.5 Å². The van der Waals surface area contributed by atoms with Crippen LogP contribution in [0.3, 0.4) is 0 Å². The lowest BCUT2D eigenvalue weighted by molar-refractivity contribution is -0.123. The summed E-state index contributed by atoms with van der Waals surface area (Å²) in [5.74, 6) is 1.23. The van der Waals surface area contributed by atoms with E-state index in [0.717, 1.165) is 0 Å². The molecule has 1 saturated heterocycles. The lowest BCUT2D eigenvalue weighted by Gasteiger charge is -2.48. The van der Waals surface area contributed by atoms with Crippen LogP contribution in [0.25, 0.3) is 0 Å². The van der Waals surface area contributed by atoms with Crippen molar-refractivity contribution < 1.29 is 14.9 Å². The van der Waals surface area contributed by atoms with E-state index < -0.39 is 6.10 Å². The molecule has 0 saturated carbocycles. The quantitative estimate of drug-likeness (QED) is 0.267. The van der Waals surface area contributed by atoms with E-state index in [1.807, 2.05) is 43.8 Å². The van der Waals surface area contributed by atoms with Crippen molar-refractivity contribution in [2.24, 2.45) is 0 Å². The number of carbonyl (C=O) groups is 1. The van der Waals surface area contributed by atoms with Crippen LogP contribution in [0.5, 0.6) is 5.75 Å². The van der Waals surface area contributed by atoms with E-state index in [-0.39, 0.29) is 11.4 Å². The van der Waals surface area contributed by atoms with Gasteiger partial charge in [0.15, 0.2) is 11.5 Å². The Morgan fingerprint density at radius 2 is 1.89 bits per heavy atom. The SMILES string of the molecule is C[C@@H](Oc1ccc(N)c(C(=[NH2+])c2ccc(N3CC(C)(NC(=O)CN(C)C)C3)nn2)c1)c1c(Cl)cncc1Cl. The first-order chi connectivity index (χ1) is 18.0. The fourth-order valence-electron chi connectivity index (χ4n) is 4.39. The number of hydrogen-bond donors (Lipinski definition) is 3. The van der Waals surface area contributed by atoms with Crippen LogP contribution in [-0.2, 0) is 4.79 Å². The fraction of sp³-hybridized carbons (Fsp3) is 0.346. The zero-order valence-electron chi connectivity index (χ0n) is 21.7. The van der Waals surface area contributed by atoms with Gasteiger partial charge in [0, 0.05) is 36.7 Å². The Balaban J connectivity index is 1.43. The number of amides is 1. The lowest BCUT2D eigenvalue weighted by Crippen LogP contribution is -2.69. The van der Waals surface area contributed by atoms with Gasteiger partial charge >= 0.3 is 0 Å². The molecule has 1 fully saturated rings. The monoisotopic (exact) mass is 557 g/mol. The van der Waals surface area contributed by atoms with Crippen molar-refractivity contribution in [2.75, 3.05) is 44.4 Å². The first-order valence-electron chi connectivity index (χ1n) is 12.0. The molecule has 1 aliphatic rings.